The minimum Gasteiger partial charge on any atom is -0.313 e. The number of rotatable bonds is 2. The van der Waals surface area contributed by atoms with E-state index in [9.17, 15) is 4.79 Å². The lowest BCUT2D eigenvalue weighted by atomic mass is 10.3. The Balaban J connectivity index is 2.47. The van der Waals surface area contributed by atoms with Gasteiger partial charge in [0.15, 0.2) is 0 Å². The Bertz CT molecular complexity index is 588. The topological polar surface area (TPSA) is 51.0 Å². The number of aryl methyl sites for hydroxylation is 2. The molecule has 0 saturated heterocycles. The van der Waals surface area contributed by atoms with E-state index < -0.39 is 0 Å². The van der Waals surface area contributed by atoms with Gasteiger partial charge in [-0.25, -0.2) is 4.68 Å². The predicted molar refractivity (Wildman–Crippen MR) is 69.9 cm³/mol. The quantitative estimate of drug-likeness (QED) is 0.810. The second-order valence-electron chi connectivity index (χ2n) is 4.23. The molecule has 2 rings (SSSR count). The summed E-state index contributed by atoms with van der Waals surface area (Å²) >= 11 is 0. The van der Waals surface area contributed by atoms with Gasteiger partial charge in [0, 0.05) is 20.2 Å². The summed E-state index contributed by atoms with van der Waals surface area (Å²) < 4.78 is 1.76. The molecule has 0 aromatic carbocycles. The van der Waals surface area contributed by atoms with Crippen molar-refractivity contribution in [2.45, 2.75) is 20.8 Å². The number of hydrogen-bond donors (Lipinski definition) is 0. The van der Waals surface area contributed by atoms with Gasteiger partial charge in [-0.3, -0.25) is 9.78 Å². The SMILES string of the molecule is CC(=O)N(C)c1cn(-c2cccnc2C)nc1C. The molecule has 1 amide bonds. The molecular formula is C13H16N4O. The largest absolute Gasteiger partial charge is 0.313 e. The second kappa shape index (κ2) is 4.60. The highest BCUT2D eigenvalue weighted by Crippen LogP contribution is 2.20. The van der Waals surface area contributed by atoms with Crippen LogP contribution in [0, 0.1) is 13.8 Å². The van der Waals surface area contributed by atoms with Crippen molar-refractivity contribution in [3.8, 4) is 5.69 Å². The molecule has 0 N–H and O–H groups in total. The molecule has 0 aliphatic heterocycles. The summed E-state index contributed by atoms with van der Waals surface area (Å²) in [5, 5.41) is 4.43. The average molecular weight is 244 g/mol. The van der Waals surface area contributed by atoms with Gasteiger partial charge in [0.1, 0.15) is 0 Å². The van der Waals surface area contributed by atoms with Crippen molar-refractivity contribution in [2.24, 2.45) is 0 Å². The van der Waals surface area contributed by atoms with Crippen molar-refractivity contribution in [1.29, 1.82) is 0 Å². The molecule has 2 heterocycles. The zero-order valence-corrected chi connectivity index (χ0v) is 11.0. The summed E-state index contributed by atoms with van der Waals surface area (Å²) in [5.41, 5.74) is 3.45. The van der Waals surface area contributed by atoms with E-state index >= 15 is 0 Å². The van der Waals surface area contributed by atoms with Crippen LogP contribution in [0.25, 0.3) is 5.69 Å². The lowest BCUT2D eigenvalue weighted by Crippen LogP contribution is -2.23. The molecule has 5 nitrogen and oxygen atoms in total. The molecule has 0 saturated carbocycles. The molecule has 0 aliphatic rings. The first kappa shape index (κ1) is 12.3. The highest BCUT2D eigenvalue weighted by molar-refractivity contribution is 5.91. The first-order chi connectivity index (χ1) is 8.50. The summed E-state index contributed by atoms with van der Waals surface area (Å²) in [6.07, 6.45) is 3.60. The molecule has 0 atom stereocenters. The Labute approximate surface area is 106 Å². The third-order valence-electron chi connectivity index (χ3n) is 2.93. The summed E-state index contributed by atoms with van der Waals surface area (Å²) in [4.78, 5) is 17.2. The molecule has 2 aromatic heterocycles. The highest BCUT2D eigenvalue weighted by Gasteiger charge is 2.14. The molecule has 0 unspecified atom stereocenters. The minimum atomic E-state index is -0.0134. The molecule has 2 aromatic rings. The average Bonchev–Trinajstić information content (AvgIpc) is 2.70. The number of carbonyl (C=O) groups excluding carboxylic acids is 1. The summed E-state index contributed by atoms with van der Waals surface area (Å²) in [6, 6.07) is 3.82. The zero-order chi connectivity index (χ0) is 13.3. The molecule has 0 fully saturated rings. The van der Waals surface area contributed by atoms with E-state index in [0.717, 1.165) is 22.8 Å². The van der Waals surface area contributed by atoms with Crippen LogP contribution < -0.4 is 4.90 Å². The van der Waals surface area contributed by atoms with E-state index in [1.165, 1.54) is 6.92 Å². The van der Waals surface area contributed by atoms with Crippen LogP contribution >= 0.6 is 0 Å². The molecule has 0 bridgehead atoms. The van der Waals surface area contributed by atoms with Crippen molar-refractivity contribution < 1.29 is 4.79 Å². The van der Waals surface area contributed by atoms with Crippen LogP contribution in [0.1, 0.15) is 18.3 Å². The standard InChI is InChI=1S/C13H16N4O/c1-9-12(6-5-7-14-9)17-8-13(10(2)15-17)16(4)11(3)18/h5-8H,1-4H3. The second-order valence-corrected chi connectivity index (χ2v) is 4.23. The smallest absolute Gasteiger partial charge is 0.223 e. The number of anilines is 1. The van der Waals surface area contributed by atoms with Crippen LogP contribution in [0.5, 0.6) is 0 Å². The summed E-state index contributed by atoms with van der Waals surface area (Å²) in [5.74, 6) is -0.0134. The van der Waals surface area contributed by atoms with Gasteiger partial charge in [-0.1, -0.05) is 0 Å². The first-order valence-corrected chi connectivity index (χ1v) is 5.73. The van der Waals surface area contributed by atoms with Crippen molar-refractivity contribution in [3.05, 3.63) is 35.9 Å². The van der Waals surface area contributed by atoms with Gasteiger partial charge in [0.05, 0.1) is 29.0 Å². The number of pyridine rings is 1. The van der Waals surface area contributed by atoms with E-state index in [2.05, 4.69) is 10.1 Å². The van der Waals surface area contributed by atoms with Gasteiger partial charge >= 0.3 is 0 Å². The fourth-order valence-electron chi connectivity index (χ4n) is 1.79. The Morgan fingerprint density at radius 3 is 2.67 bits per heavy atom. The maximum atomic E-state index is 11.4. The monoisotopic (exact) mass is 244 g/mol. The maximum Gasteiger partial charge on any atom is 0.223 e. The number of carbonyl (C=O) groups is 1. The van der Waals surface area contributed by atoms with Crippen molar-refractivity contribution >= 4 is 11.6 Å². The Hall–Kier alpha value is -2.17. The first-order valence-electron chi connectivity index (χ1n) is 5.73. The van der Waals surface area contributed by atoms with E-state index in [0.29, 0.717) is 0 Å². The van der Waals surface area contributed by atoms with Crippen LogP contribution in [-0.4, -0.2) is 27.7 Å². The molecule has 0 radical (unpaired) electrons. The van der Waals surface area contributed by atoms with E-state index in [1.807, 2.05) is 32.2 Å². The van der Waals surface area contributed by atoms with Crippen LogP contribution in [-0.2, 0) is 4.79 Å². The van der Waals surface area contributed by atoms with E-state index in [-0.39, 0.29) is 5.91 Å². The van der Waals surface area contributed by atoms with Gasteiger partial charge in [0.25, 0.3) is 0 Å². The molecule has 18 heavy (non-hydrogen) atoms. The van der Waals surface area contributed by atoms with Crippen molar-refractivity contribution in [3.63, 3.8) is 0 Å². The molecule has 0 spiro atoms. The zero-order valence-electron chi connectivity index (χ0n) is 11.0. The van der Waals surface area contributed by atoms with E-state index in [1.54, 1.807) is 22.8 Å². The fourth-order valence-corrected chi connectivity index (χ4v) is 1.79. The van der Waals surface area contributed by atoms with E-state index in [4.69, 9.17) is 0 Å². The van der Waals surface area contributed by atoms with Gasteiger partial charge in [-0.2, -0.15) is 5.10 Å². The third kappa shape index (κ3) is 2.11. The number of nitrogens with zero attached hydrogens (tertiary/aromatic N) is 4. The maximum absolute atomic E-state index is 11.4. The van der Waals surface area contributed by atoms with Crippen molar-refractivity contribution in [1.82, 2.24) is 14.8 Å². The normalized spacial score (nSPS) is 10.4. The fraction of sp³-hybridized carbons (Fsp3) is 0.308. The third-order valence-corrected chi connectivity index (χ3v) is 2.93. The van der Waals surface area contributed by atoms with Gasteiger partial charge in [0.2, 0.25) is 5.91 Å². The van der Waals surface area contributed by atoms with Gasteiger partial charge < -0.3 is 4.90 Å². The molecule has 0 aliphatic carbocycles. The summed E-state index contributed by atoms with van der Waals surface area (Å²) in [6.45, 7) is 5.35. The van der Waals surface area contributed by atoms with Gasteiger partial charge in [-0.05, 0) is 26.0 Å². The van der Waals surface area contributed by atoms with Crippen molar-refractivity contribution in [2.75, 3.05) is 11.9 Å². The van der Waals surface area contributed by atoms with Crippen LogP contribution in [0.2, 0.25) is 0 Å². The van der Waals surface area contributed by atoms with Crippen LogP contribution in [0.3, 0.4) is 0 Å². The lowest BCUT2D eigenvalue weighted by Gasteiger charge is -2.12. The molecule has 94 valence electrons. The molecular weight excluding hydrogens is 228 g/mol. The lowest BCUT2D eigenvalue weighted by molar-refractivity contribution is -0.116. The Morgan fingerprint density at radius 1 is 1.33 bits per heavy atom. The number of aromatic nitrogens is 3. The predicted octanol–water partition coefficient (Wildman–Crippen LogP) is 1.87. The van der Waals surface area contributed by atoms with Crippen LogP contribution in [0.4, 0.5) is 5.69 Å². The highest BCUT2D eigenvalue weighted by atomic mass is 16.2. The Morgan fingerprint density at radius 2 is 2.06 bits per heavy atom. The number of amides is 1. The minimum absolute atomic E-state index is 0.0134. The van der Waals surface area contributed by atoms with Crippen LogP contribution in [0.15, 0.2) is 24.5 Å². The van der Waals surface area contributed by atoms with Gasteiger partial charge in [-0.15, -0.1) is 0 Å². The number of hydrogen-bond acceptors (Lipinski definition) is 3. The Kier molecular flexibility index (Phi) is 3.14. The molecule has 5 heteroatoms. The summed E-state index contributed by atoms with van der Waals surface area (Å²) in [7, 11) is 1.74.